The summed E-state index contributed by atoms with van der Waals surface area (Å²) in [6.07, 6.45) is -3.37. The quantitative estimate of drug-likeness (QED) is 0.723. The van der Waals surface area contributed by atoms with Crippen LogP contribution >= 0.6 is 0 Å². The van der Waals surface area contributed by atoms with Gasteiger partial charge in [0, 0.05) is 12.0 Å². The van der Waals surface area contributed by atoms with Gasteiger partial charge in [0.05, 0.1) is 11.3 Å². The number of nitrogens with one attached hydrogen (secondary N) is 1. The predicted molar refractivity (Wildman–Crippen MR) is 91.2 cm³/mol. The van der Waals surface area contributed by atoms with E-state index in [2.05, 4.69) is 5.32 Å². The number of alkyl halides is 3. The molecule has 2 aromatic carbocycles. The topological polar surface area (TPSA) is 55.4 Å². The van der Waals surface area contributed by atoms with Gasteiger partial charge in [-0.05, 0) is 42.8 Å². The van der Waals surface area contributed by atoms with Crippen molar-refractivity contribution in [2.75, 3.05) is 11.9 Å². The molecular weight excluding hydrogens is 347 g/mol. The van der Waals surface area contributed by atoms with Crippen molar-refractivity contribution in [1.82, 2.24) is 0 Å². The molecule has 0 radical (unpaired) electrons. The van der Waals surface area contributed by atoms with Crippen LogP contribution in [0.4, 0.5) is 18.9 Å². The number of amides is 1. The zero-order valence-corrected chi connectivity index (χ0v) is 14.1. The standard InChI is InChI=1S/C19H18F3NO3/c1-2-5-17(24)13-8-10-14(11-9-13)26-12-18(25)23-16-7-4-3-6-15(16)19(20,21)22/h3-4,6-11H,2,5,12H2,1H3,(H,23,25). The molecule has 0 heterocycles. The molecule has 1 amide bonds. The fourth-order valence-corrected chi connectivity index (χ4v) is 2.28. The summed E-state index contributed by atoms with van der Waals surface area (Å²) in [5.74, 6) is -0.356. The highest BCUT2D eigenvalue weighted by Crippen LogP contribution is 2.34. The molecule has 0 aliphatic heterocycles. The zero-order chi connectivity index (χ0) is 19.2. The number of para-hydroxylation sites is 1. The van der Waals surface area contributed by atoms with Gasteiger partial charge in [-0.2, -0.15) is 13.2 Å². The van der Waals surface area contributed by atoms with Crippen LogP contribution in [0.3, 0.4) is 0 Å². The Kier molecular flexibility index (Phi) is 6.38. The van der Waals surface area contributed by atoms with Gasteiger partial charge in [0.15, 0.2) is 12.4 Å². The van der Waals surface area contributed by atoms with Gasteiger partial charge >= 0.3 is 6.18 Å². The van der Waals surface area contributed by atoms with Gasteiger partial charge in [-0.25, -0.2) is 0 Å². The fourth-order valence-electron chi connectivity index (χ4n) is 2.28. The maximum absolute atomic E-state index is 12.9. The molecule has 1 N–H and O–H groups in total. The molecule has 0 fully saturated rings. The molecule has 2 rings (SSSR count). The second-order valence-electron chi connectivity index (χ2n) is 5.58. The molecule has 0 unspecified atom stereocenters. The molecule has 7 heteroatoms. The monoisotopic (exact) mass is 365 g/mol. The summed E-state index contributed by atoms with van der Waals surface area (Å²) in [7, 11) is 0. The van der Waals surface area contributed by atoms with Crippen molar-refractivity contribution in [2.24, 2.45) is 0 Å². The Hall–Kier alpha value is -2.83. The second kappa shape index (κ2) is 8.51. The third kappa shape index (κ3) is 5.34. The van der Waals surface area contributed by atoms with E-state index in [1.165, 1.54) is 18.2 Å². The second-order valence-corrected chi connectivity index (χ2v) is 5.58. The molecule has 0 saturated heterocycles. The molecule has 138 valence electrons. The van der Waals surface area contributed by atoms with Crippen LogP contribution in [-0.2, 0) is 11.0 Å². The maximum atomic E-state index is 12.9. The van der Waals surface area contributed by atoms with E-state index in [0.717, 1.165) is 12.5 Å². The zero-order valence-electron chi connectivity index (χ0n) is 14.1. The Bertz CT molecular complexity index is 770. The number of rotatable bonds is 7. The van der Waals surface area contributed by atoms with Gasteiger partial charge < -0.3 is 10.1 Å². The van der Waals surface area contributed by atoms with Crippen LogP contribution in [0.5, 0.6) is 5.75 Å². The number of halogens is 3. The maximum Gasteiger partial charge on any atom is 0.418 e. The third-order valence-corrected chi connectivity index (χ3v) is 3.53. The van der Waals surface area contributed by atoms with Crippen LogP contribution in [0.25, 0.3) is 0 Å². The minimum Gasteiger partial charge on any atom is -0.484 e. The summed E-state index contributed by atoms with van der Waals surface area (Å²) in [5.41, 5.74) is -0.705. The van der Waals surface area contributed by atoms with Crippen LogP contribution in [0.15, 0.2) is 48.5 Å². The molecule has 26 heavy (non-hydrogen) atoms. The molecule has 0 bridgehead atoms. The Morgan fingerprint density at radius 3 is 2.31 bits per heavy atom. The van der Waals surface area contributed by atoms with Gasteiger partial charge in [0.1, 0.15) is 5.75 Å². The van der Waals surface area contributed by atoms with E-state index in [1.807, 2.05) is 6.92 Å². The molecule has 0 spiro atoms. The highest BCUT2D eigenvalue weighted by molar-refractivity contribution is 5.96. The van der Waals surface area contributed by atoms with Crippen LogP contribution in [-0.4, -0.2) is 18.3 Å². The van der Waals surface area contributed by atoms with E-state index in [0.29, 0.717) is 17.7 Å². The Labute approximate surface area is 149 Å². The first-order valence-electron chi connectivity index (χ1n) is 8.03. The summed E-state index contributed by atoms with van der Waals surface area (Å²) in [4.78, 5) is 23.6. The van der Waals surface area contributed by atoms with Gasteiger partial charge in [0.2, 0.25) is 0 Å². The largest absolute Gasteiger partial charge is 0.484 e. The van der Waals surface area contributed by atoms with E-state index in [4.69, 9.17) is 4.74 Å². The number of carbonyl (C=O) groups is 2. The number of benzene rings is 2. The lowest BCUT2D eigenvalue weighted by molar-refractivity contribution is -0.137. The molecular formula is C19H18F3NO3. The van der Waals surface area contributed by atoms with E-state index >= 15 is 0 Å². The van der Waals surface area contributed by atoms with Gasteiger partial charge in [-0.15, -0.1) is 0 Å². The van der Waals surface area contributed by atoms with Crippen molar-refractivity contribution in [3.8, 4) is 5.75 Å². The number of hydrogen-bond acceptors (Lipinski definition) is 3. The Balaban J connectivity index is 1.95. The first-order valence-corrected chi connectivity index (χ1v) is 8.03. The summed E-state index contributed by atoms with van der Waals surface area (Å²) < 4.78 is 43.9. The summed E-state index contributed by atoms with van der Waals surface area (Å²) in [5, 5.41) is 2.20. The molecule has 2 aromatic rings. The number of carbonyl (C=O) groups excluding carboxylic acids is 2. The van der Waals surface area contributed by atoms with Crippen molar-refractivity contribution in [3.05, 3.63) is 59.7 Å². The molecule has 0 saturated carbocycles. The van der Waals surface area contributed by atoms with Crippen LogP contribution < -0.4 is 10.1 Å². The lowest BCUT2D eigenvalue weighted by Gasteiger charge is -2.13. The lowest BCUT2D eigenvalue weighted by atomic mass is 10.1. The summed E-state index contributed by atoms with van der Waals surface area (Å²) in [6.45, 7) is 1.46. The number of Topliss-reactive ketones (excluding diaryl/α,β-unsaturated/α-hetero) is 1. The number of ketones is 1. The van der Waals surface area contributed by atoms with Crippen molar-refractivity contribution >= 4 is 17.4 Å². The smallest absolute Gasteiger partial charge is 0.418 e. The predicted octanol–water partition coefficient (Wildman–Crippen LogP) is 4.71. The molecule has 0 aliphatic rings. The fraction of sp³-hybridized carbons (Fsp3) is 0.263. The minimum atomic E-state index is -4.56. The van der Waals surface area contributed by atoms with Crippen molar-refractivity contribution < 1.29 is 27.5 Å². The molecule has 0 atom stereocenters. The SMILES string of the molecule is CCCC(=O)c1ccc(OCC(=O)Nc2ccccc2C(F)(F)F)cc1. The Morgan fingerprint density at radius 2 is 1.69 bits per heavy atom. The van der Waals surface area contributed by atoms with E-state index in [1.54, 1.807) is 24.3 Å². The van der Waals surface area contributed by atoms with E-state index in [-0.39, 0.29) is 11.5 Å². The molecule has 4 nitrogen and oxygen atoms in total. The van der Waals surface area contributed by atoms with Gasteiger partial charge in [-0.1, -0.05) is 19.1 Å². The van der Waals surface area contributed by atoms with Crippen LogP contribution in [0.1, 0.15) is 35.7 Å². The first-order chi connectivity index (χ1) is 12.3. The van der Waals surface area contributed by atoms with Gasteiger partial charge in [0.25, 0.3) is 5.91 Å². The lowest BCUT2D eigenvalue weighted by Crippen LogP contribution is -2.22. The average molecular weight is 365 g/mol. The highest BCUT2D eigenvalue weighted by atomic mass is 19.4. The van der Waals surface area contributed by atoms with E-state index in [9.17, 15) is 22.8 Å². The third-order valence-electron chi connectivity index (χ3n) is 3.53. The number of hydrogen-bond donors (Lipinski definition) is 1. The van der Waals surface area contributed by atoms with Crippen molar-refractivity contribution in [2.45, 2.75) is 25.9 Å². The molecule has 0 aromatic heterocycles. The number of ether oxygens (including phenoxy) is 1. The van der Waals surface area contributed by atoms with Gasteiger partial charge in [-0.3, -0.25) is 9.59 Å². The minimum absolute atomic E-state index is 0.0144. The molecule has 0 aliphatic carbocycles. The van der Waals surface area contributed by atoms with Crippen molar-refractivity contribution in [1.29, 1.82) is 0 Å². The normalized spacial score (nSPS) is 11.1. The Morgan fingerprint density at radius 1 is 1.04 bits per heavy atom. The van der Waals surface area contributed by atoms with E-state index < -0.39 is 24.3 Å². The average Bonchev–Trinajstić information content (AvgIpc) is 2.60. The van der Waals surface area contributed by atoms with Crippen LogP contribution in [0.2, 0.25) is 0 Å². The highest BCUT2D eigenvalue weighted by Gasteiger charge is 2.33. The summed E-state index contributed by atoms with van der Waals surface area (Å²) in [6, 6.07) is 11.0. The van der Waals surface area contributed by atoms with Crippen LogP contribution in [0, 0.1) is 0 Å². The summed E-state index contributed by atoms with van der Waals surface area (Å²) >= 11 is 0. The number of anilines is 1. The van der Waals surface area contributed by atoms with Crippen molar-refractivity contribution in [3.63, 3.8) is 0 Å². The first kappa shape index (κ1) is 19.5.